The van der Waals surface area contributed by atoms with Crippen molar-refractivity contribution >= 4 is 28.1 Å². The summed E-state index contributed by atoms with van der Waals surface area (Å²) < 4.78 is 71.1. The molecule has 31 heavy (non-hydrogen) atoms. The van der Waals surface area contributed by atoms with E-state index in [-0.39, 0.29) is 5.65 Å². The normalized spacial score (nSPS) is 12.5. The van der Waals surface area contributed by atoms with Crippen molar-refractivity contribution in [2.45, 2.75) is 19.9 Å². The van der Waals surface area contributed by atoms with Crippen LogP contribution in [0.15, 0.2) is 35.1 Å². The summed E-state index contributed by atoms with van der Waals surface area (Å²) in [6.45, 7) is 2.96. The Labute approximate surface area is 170 Å². The number of hydrogen-bond acceptors (Lipinski definition) is 3. The number of amides is 1. The van der Waals surface area contributed by atoms with E-state index >= 15 is 0 Å². The van der Waals surface area contributed by atoms with Gasteiger partial charge in [0, 0.05) is 17.1 Å². The average molecular weight is 436 g/mol. The van der Waals surface area contributed by atoms with Crippen LogP contribution in [0, 0.1) is 36.0 Å². The zero-order chi connectivity index (χ0) is 22.6. The molecule has 0 aliphatic heterocycles. The van der Waals surface area contributed by atoms with Gasteiger partial charge in [0.2, 0.25) is 11.7 Å². The minimum Gasteiger partial charge on any atom is -0.319 e. The van der Waals surface area contributed by atoms with Crippen molar-refractivity contribution in [1.29, 1.82) is 0 Å². The van der Waals surface area contributed by atoms with Crippen LogP contribution in [0.1, 0.15) is 18.7 Å². The minimum atomic E-state index is -2.32. The third-order valence-corrected chi connectivity index (χ3v) is 4.89. The average Bonchev–Trinajstić information content (AvgIpc) is 3.08. The molecule has 0 saturated carbocycles. The predicted octanol–water partition coefficient (Wildman–Crippen LogP) is 3.85. The number of carbonyl (C=O) groups excluding carboxylic acids is 1. The lowest BCUT2D eigenvalue weighted by atomic mass is 10.2. The molecule has 6 nitrogen and oxygen atoms in total. The van der Waals surface area contributed by atoms with Gasteiger partial charge in [-0.1, -0.05) is 12.1 Å². The number of benzene rings is 2. The van der Waals surface area contributed by atoms with Gasteiger partial charge in [-0.25, -0.2) is 26.5 Å². The lowest BCUT2D eigenvalue weighted by molar-refractivity contribution is -0.119. The second kappa shape index (κ2) is 7.18. The molecule has 1 N–H and O–H groups in total. The fourth-order valence-electron chi connectivity index (χ4n) is 3.44. The molecule has 2 aromatic carbocycles. The van der Waals surface area contributed by atoms with E-state index in [0.29, 0.717) is 16.6 Å². The Kier molecular flexibility index (Phi) is 4.75. The van der Waals surface area contributed by atoms with E-state index < -0.39 is 52.3 Å². The molecule has 0 fully saturated rings. The van der Waals surface area contributed by atoms with E-state index in [2.05, 4.69) is 4.98 Å². The van der Waals surface area contributed by atoms with Crippen LogP contribution in [0.2, 0.25) is 0 Å². The van der Waals surface area contributed by atoms with Crippen LogP contribution in [0.4, 0.5) is 27.6 Å². The molecule has 0 aliphatic rings. The van der Waals surface area contributed by atoms with Crippen LogP contribution in [-0.4, -0.2) is 20.1 Å². The molecule has 0 saturated heterocycles. The molecule has 1 atom stereocenters. The maximum Gasteiger partial charge on any atom is 0.273 e. The fraction of sp³-hybridized carbons (Fsp3) is 0.150. The number of nitrogens with one attached hydrogen (secondary N) is 1. The number of aryl methyl sites for hydroxylation is 1. The third-order valence-electron chi connectivity index (χ3n) is 4.89. The first-order chi connectivity index (χ1) is 14.6. The van der Waals surface area contributed by atoms with Crippen molar-refractivity contribution in [2.75, 3.05) is 5.32 Å². The summed E-state index contributed by atoms with van der Waals surface area (Å²) >= 11 is 0. The molecule has 2 heterocycles. The van der Waals surface area contributed by atoms with Crippen molar-refractivity contribution < 1.29 is 26.7 Å². The molecule has 1 amide bonds. The highest BCUT2D eigenvalue weighted by Gasteiger charge is 2.29. The van der Waals surface area contributed by atoms with Crippen LogP contribution in [0.5, 0.6) is 0 Å². The van der Waals surface area contributed by atoms with Crippen molar-refractivity contribution in [3.8, 4) is 0 Å². The Morgan fingerprint density at radius 3 is 2.23 bits per heavy atom. The molecule has 0 aliphatic carbocycles. The van der Waals surface area contributed by atoms with E-state index in [1.165, 1.54) is 22.2 Å². The number of carbonyl (C=O) groups is 1. The molecule has 11 heteroatoms. The number of aromatic nitrogens is 3. The molecule has 0 spiro atoms. The van der Waals surface area contributed by atoms with E-state index in [9.17, 15) is 31.5 Å². The number of nitrogens with zero attached hydrogens (tertiary/aromatic N) is 3. The summed E-state index contributed by atoms with van der Waals surface area (Å²) in [7, 11) is 0. The Hall–Kier alpha value is -3.76. The van der Waals surface area contributed by atoms with Gasteiger partial charge in [-0.15, -0.1) is 0 Å². The highest BCUT2D eigenvalue weighted by Crippen LogP contribution is 2.29. The topological polar surface area (TPSA) is 68.4 Å². The second-order valence-corrected chi connectivity index (χ2v) is 6.84. The summed E-state index contributed by atoms with van der Waals surface area (Å²) in [5.41, 5.74) is -0.822. The first kappa shape index (κ1) is 20.5. The number of para-hydroxylation sites is 1. The fourth-order valence-corrected chi connectivity index (χ4v) is 3.44. The van der Waals surface area contributed by atoms with E-state index in [0.717, 1.165) is 0 Å². The van der Waals surface area contributed by atoms with Gasteiger partial charge >= 0.3 is 0 Å². The molecule has 4 aromatic rings. The van der Waals surface area contributed by atoms with Gasteiger partial charge in [-0.2, -0.15) is 4.98 Å². The Bertz CT molecular complexity index is 1410. The maximum atomic E-state index is 14.0. The zero-order valence-electron chi connectivity index (χ0n) is 16.0. The Balaban J connectivity index is 1.87. The first-order valence-electron chi connectivity index (χ1n) is 8.95. The number of rotatable bonds is 3. The summed E-state index contributed by atoms with van der Waals surface area (Å²) in [5.74, 6) is -12.0. The number of fused-ring (bicyclic) bond motifs is 3. The first-order valence-corrected chi connectivity index (χ1v) is 8.95. The zero-order valence-corrected chi connectivity index (χ0v) is 16.0. The number of anilines is 1. The Morgan fingerprint density at radius 2 is 1.58 bits per heavy atom. The van der Waals surface area contributed by atoms with E-state index in [4.69, 9.17) is 0 Å². The summed E-state index contributed by atoms with van der Waals surface area (Å²) in [6, 6.07) is 6.70. The van der Waals surface area contributed by atoms with Crippen LogP contribution in [0.3, 0.4) is 0 Å². The van der Waals surface area contributed by atoms with Crippen LogP contribution < -0.4 is 10.9 Å². The molecule has 0 radical (unpaired) electrons. The van der Waals surface area contributed by atoms with Gasteiger partial charge in [0.05, 0.1) is 5.52 Å². The highest BCUT2D eigenvalue weighted by molar-refractivity contribution is 5.97. The smallest absolute Gasteiger partial charge is 0.273 e. The van der Waals surface area contributed by atoms with Crippen LogP contribution >= 0.6 is 0 Å². The lowest BCUT2D eigenvalue weighted by Gasteiger charge is -2.19. The molecule has 0 bridgehead atoms. The minimum absolute atomic E-state index is 0.247. The highest BCUT2D eigenvalue weighted by atomic mass is 19.2. The monoisotopic (exact) mass is 436 g/mol. The summed E-state index contributed by atoms with van der Waals surface area (Å²) in [4.78, 5) is 28.6. The molecule has 0 unspecified atom stereocenters. The standard InChI is InChI=1S/C20H13F5N4O2/c1-8-7-12(30)26-19-10-5-3-4-6-11(10)29(28(8)19)9(2)20(31)27-18-16(24)14(22)13(21)15(23)17(18)25/h3-7,9H,1-2H3,(H,27,31)/t9-/m1/s1. The molecule has 4 rings (SSSR count). The van der Waals surface area contributed by atoms with Gasteiger partial charge in [0.15, 0.2) is 28.9 Å². The number of halogens is 5. The van der Waals surface area contributed by atoms with Crippen molar-refractivity contribution in [2.24, 2.45) is 0 Å². The molecule has 160 valence electrons. The largest absolute Gasteiger partial charge is 0.319 e. The predicted molar refractivity (Wildman–Crippen MR) is 101 cm³/mol. The van der Waals surface area contributed by atoms with Crippen molar-refractivity contribution in [3.05, 3.63) is 75.5 Å². The van der Waals surface area contributed by atoms with Crippen LogP contribution in [0.25, 0.3) is 16.6 Å². The van der Waals surface area contributed by atoms with E-state index in [1.54, 1.807) is 36.5 Å². The third kappa shape index (κ3) is 3.04. The summed E-state index contributed by atoms with van der Waals surface area (Å²) in [6.07, 6.45) is 0. The molecule has 2 aromatic heterocycles. The van der Waals surface area contributed by atoms with Gasteiger partial charge in [-0.05, 0) is 26.0 Å². The van der Waals surface area contributed by atoms with Crippen molar-refractivity contribution in [3.63, 3.8) is 0 Å². The SMILES string of the molecule is Cc1cc(=O)nc2c3ccccc3n([C@H](C)C(=O)Nc3c(F)c(F)c(F)c(F)c3F)n12. The van der Waals surface area contributed by atoms with Gasteiger partial charge in [-0.3, -0.25) is 14.3 Å². The number of hydrogen-bond donors (Lipinski definition) is 1. The molecular formula is C20H13F5N4O2. The second-order valence-electron chi connectivity index (χ2n) is 6.84. The quantitative estimate of drug-likeness (QED) is 0.301. The maximum absolute atomic E-state index is 14.0. The summed E-state index contributed by atoms with van der Waals surface area (Å²) in [5, 5.41) is 2.31. The van der Waals surface area contributed by atoms with Crippen molar-refractivity contribution in [1.82, 2.24) is 14.2 Å². The van der Waals surface area contributed by atoms with Gasteiger partial charge < -0.3 is 5.32 Å². The molecular weight excluding hydrogens is 423 g/mol. The lowest BCUT2D eigenvalue weighted by Crippen LogP contribution is -2.28. The Morgan fingerprint density at radius 1 is 1.00 bits per heavy atom. The van der Waals surface area contributed by atoms with E-state index in [1.807, 2.05) is 0 Å². The van der Waals surface area contributed by atoms with Crippen LogP contribution in [-0.2, 0) is 4.79 Å². The van der Waals surface area contributed by atoms with Gasteiger partial charge in [0.25, 0.3) is 5.56 Å². The van der Waals surface area contributed by atoms with Gasteiger partial charge in [0.1, 0.15) is 11.7 Å².